The summed E-state index contributed by atoms with van der Waals surface area (Å²) in [6, 6.07) is 7.78. The van der Waals surface area contributed by atoms with Gasteiger partial charge in [0.2, 0.25) is 11.8 Å². The molecule has 1 heterocycles. The number of hydrazine groups is 1. The minimum absolute atomic E-state index is 0.0649. The lowest BCUT2D eigenvalue weighted by atomic mass is 9.49. The van der Waals surface area contributed by atoms with Crippen LogP contribution in [-0.4, -0.2) is 23.4 Å². The molecule has 0 radical (unpaired) electrons. The van der Waals surface area contributed by atoms with Crippen LogP contribution in [0.4, 0.5) is 0 Å². The van der Waals surface area contributed by atoms with Gasteiger partial charge in [-0.05, 0) is 80.8 Å². The van der Waals surface area contributed by atoms with Crippen molar-refractivity contribution in [3.05, 3.63) is 35.3 Å². The van der Waals surface area contributed by atoms with Crippen molar-refractivity contribution in [2.45, 2.75) is 58.3 Å². The standard InChI is InChI=1S/C25H31N3O3S/c1-2-31-21-6-4-3-5-20(21)24-26-19(15-32-24)10-22(29)27-28-23(30)14-25-11-16-7-17(12-25)9-18(8-16)13-25/h3-6,15-18H,2,7-14H2,1H3,(H,27,29)(H,28,30). The second-order valence-electron chi connectivity index (χ2n) is 9.94. The van der Waals surface area contributed by atoms with Crippen LogP contribution < -0.4 is 15.6 Å². The highest BCUT2D eigenvalue weighted by molar-refractivity contribution is 7.13. The summed E-state index contributed by atoms with van der Waals surface area (Å²) in [5.41, 5.74) is 7.03. The van der Waals surface area contributed by atoms with Gasteiger partial charge in [0.25, 0.3) is 0 Å². The van der Waals surface area contributed by atoms with E-state index in [4.69, 9.17) is 4.74 Å². The average Bonchev–Trinajstić information content (AvgIpc) is 3.20. The summed E-state index contributed by atoms with van der Waals surface area (Å²) in [5, 5.41) is 2.71. The number of ether oxygens (including phenoxy) is 1. The lowest BCUT2D eigenvalue weighted by Crippen LogP contribution is -2.50. The molecule has 2 amide bonds. The molecule has 6 nitrogen and oxygen atoms in total. The molecule has 1 aromatic heterocycles. The van der Waals surface area contributed by atoms with Crippen molar-refractivity contribution in [1.82, 2.24) is 15.8 Å². The maximum absolute atomic E-state index is 12.6. The van der Waals surface area contributed by atoms with Crippen LogP contribution >= 0.6 is 11.3 Å². The van der Waals surface area contributed by atoms with Crippen molar-refractivity contribution >= 4 is 23.2 Å². The molecule has 6 rings (SSSR count). The van der Waals surface area contributed by atoms with Crippen molar-refractivity contribution in [3.63, 3.8) is 0 Å². The Morgan fingerprint density at radius 2 is 1.72 bits per heavy atom. The van der Waals surface area contributed by atoms with Crippen molar-refractivity contribution in [2.75, 3.05) is 6.61 Å². The zero-order chi connectivity index (χ0) is 22.1. The van der Waals surface area contributed by atoms with Crippen LogP contribution in [0, 0.1) is 23.2 Å². The van der Waals surface area contributed by atoms with E-state index in [2.05, 4.69) is 15.8 Å². The van der Waals surface area contributed by atoms with Crippen molar-refractivity contribution in [1.29, 1.82) is 0 Å². The highest BCUT2D eigenvalue weighted by Gasteiger charge is 2.51. The van der Waals surface area contributed by atoms with Gasteiger partial charge in [-0.2, -0.15) is 0 Å². The van der Waals surface area contributed by atoms with Gasteiger partial charge in [0.05, 0.1) is 24.3 Å². The number of hydrogen-bond donors (Lipinski definition) is 2. The van der Waals surface area contributed by atoms with Crippen molar-refractivity contribution in [3.8, 4) is 16.3 Å². The number of nitrogens with one attached hydrogen (secondary N) is 2. The largest absolute Gasteiger partial charge is 0.493 e. The molecule has 4 aliphatic carbocycles. The quantitative estimate of drug-likeness (QED) is 0.605. The molecule has 2 N–H and O–H groups in total. The number of hydrogen-bond acceptors (Lipinski definition) is 5. The van der Waals surface area contributed by atoms with Crippen LogP contribution in [0.2, 0.25) is 0 Å². The van der Waals surface area contributed by atoms with Crippen LogP contribution in [-0.2, 0) is 16.0 Å². The van der Waals surface area contributed by atoms with Gasteiger partial charge in [-0.25, -0.2) is 4.98 Å². The van der Waals surface area contributed by atoms with Crippen LogP contribution in [0.3, 0.4) is 0 Å². The summed E-state index contributed by atoms with van der Waals surface area (Å²) in [6.45, 7) is 2.53. The van der Waals surface area contributed by atoms with Gasteiger partial charge in [0.1, 0.15) is 10.8 Å². The molecule has 0 saturated heterocycles. The number of nitrogens with zero attached hydrogens (tertiary/aromatic N) is 1. The molecule has 1 aromatic carbocycles. The molecular formula is C25H31N3O3S. The van der Waals surface area contributed by atoms with E-state index in [9.17, 15) is 9.59 Å². The first kappa shape index (κ1) is 21.4. The fourth-order valence-corrected chi connectivity index (χ4v) is 7.53. The molecular weight excluding hydrogens is 422 g/mol. The predicted molar refractivity (Wildman–Crippen MR) is 124 cm³/mol. The summed E-state index contributed by atoms with van der Waals surface area (Å²) < 4.78 is 5.69. The van der Waals surface area contributed by atoms with E-state index in [1.807, 2.05) is 36.6 Å². The van der Waals surface area contributed by atoms with Crippen LogP contribution in [0.25, 0.3) is 10.6 Å². The zero-order valence-electron chi connectivity index (χ0n) is 18.6. The van der Waals surface area contributed by atoms with E-state index >= 15 is 0 Å². The summed E-state index contributed by atoms with van der Waals surface area (Å²) in [4.78, 5) is 29.6. The lowest BCUT2D eigenvalue weighted by Gasteiger charge is -2.56. The fourth-order valence-electron chi connectivity index (χ4n) is 6.68. The Kier molecular flexibility index (Phi) is 5.93. The van der Waals surface area contributed by atoms with Gasteiger partial charge in [0, 0.05) is 11.8 Å². The second kappa shape index (κ2) is 8.85. The van der Waals surface area contributed by atoms with E-state index in [-0.39, 0.29) is 23.7 Å². The van der Waals surface area contributed by atoms with Gasteiger partial charge in [-0.1, -0.05) is 12.1 Å². The molecule has 170 valence electrons. The summed E-state index contributed by atoms with van der Waals surface area (Å²) in [5.74, 6) is 2.92. The monoisotopic (exact) mass is 453 g/mol. The second-order valence-corrected chi connectivity index (χ2v) is 10.8. The Balaban J connectivity index is 1.13. The van der Waals surface area contributed by atoms with Crippen LogP contribution in [0.1, 0.15) is 57.6 Å². The van der Waals surface area contributed by atoms with Crippen molar-refractivity contribution < 1.29 is 14.3 Å². The third kappa shape index (κ3) is 4.53. The Labute approximate surface area is 193 Å². The molecule has 0 atom stereocenters. The van der Waals surface area contributed by atoms with Crippen LogP contribution in [0.15, 0.2) is 29.6 Å². The van der Waals surface area contributed by atoms with Gasteiger partial charge in [0.15, 0.2) is 0 Å². The number of aromatic nitrogens is 1. The number of benzene rings is 1. The number of para-hydroxylation sites is 1. The summed E-state index contributed by atoms with van der Waals surface area (Å²) in [6.07, 6.45) is 8.31. The normalized spacial score (nSPS) is 27.8. The molecule has 2 aromatic rings. The fraction of sp³-hybridized carbons (Fsp3) is 0.560. The number of carbonyl (C=O) groups excluding carboxylic acids is 2. The maximum atomic E-state index is 12.6. The number of carbonyl (C=O) groups is 2. The highest BCUT2D eigenvalue weighted by atomic mass is 32.1. The Bertz CT molecular complexity index is 967. The van der Waals surface area contributed by atoms with Gasteiger partial charge in [-0.15, -0.1) is 11.3 Å². The minimum atomic E-state index is -0.251. The third-order valence-corrected chi connectivity index (χ3v) is 8.28. The number of thiazole rings is 1. The number of rotatable bonds is 7. The number of amides is 2. The van der Waals surface area contributed by atoms with Gasteiger partial charge >= 0.3 is 0 Å². The molecule has 4 aliphatic rings. The Morgan fingerprint density at radius 1 is 1.06 bits per heavy atom. The van der Waals surface area contributed by atoms with Gasteiger partial charge < -0.3 is 4.74 Å². The molecule has 32 heavy (non-hydrogen) atoms. The van der Waals surface area contributed by atoms with Gasteiger partial charge in [-0.3, -0.25) is 20.4 Å². The zero-order valence-corrected chi connectivity index (χ0v) is 19.4. The molecule has 0 aliphatic heterocycles. The van der Waals surface area contributed by atoms with E-state index in [1.54, 1.807) is 0 Å². The average molecular weight is 454 g/mol. The van der Waals surface area contributed by atoms with Crippen LogP contribution in [0.5, 0.6) is 5.75 Å². The first-order valence-electron chi connectivity index (χ1n) is 11.8. The maximum Gasteiger partial charge on any atom is 0.244 e. The Morgan fingerprint density at radius 3 is 2.41 bits per heavy atom. The molecule has 4 bridgehead atoms. The third-order valence-electron chi connectivity index (χ3n) is 7.35. The molecule has 7 heteroatoms. The van der Waals surface area contributed by atoms with Crippen molar-refractivity contribution in [2.24, 2.45) is 23.2 Å². The molecule has 0 spiro atoms. The first-order chi connectivity index (χ1) is 15.5. The predicted octanol–water partition coefficient (Wildman–Crippen LogP) is 4.51. The highest BCUT2D eigenvalue weighted by Crippen LogP contribution is 2.61. The topological polar surface area (TPSA) is 80.3 Å². The van der Waals surface area contributed by atoms with E-state index in [0.29, 0.717) is 18.7 Å². The van der Waals surface area contributed by atoms with E-state index in [1.165, 1.54) is 49.9 Å². The smallest absolute Gasteiger partial charge is 0.244 e. The first-order valence-corrected chi connectivity index (χ1v) is 12.6. The summed E-state index contributed by atoms with van der Waals surface area (Å²) >= 11 is 1.49. The van der Waals surface area contributed by atoms with E-state index < -0.39 is 0 Å². The minimum Gasteiger partial charge on any atom is -0.493 e. The molecule has 4 saturated carbocycles. The molecule has 0 unspecified atom stereocenters. The molecule has 4 fully saturated rings. The Hall–Kier alpha value is -2.41. The summed E-state index contributed by atoms with van der Waals surface area (Å²) in [7, 11) is 0. The SMILES string of the molecule is CCOc1ccccc1-c1nc(CC(=O)NNC(=O)CC23CC4CC(CC(C4)C2)C3)cs1. The van der Waals surface area contributed by atoms with E-state index in [0.717, 1.165) is 34.1 Å². The lowest BCUT2D eigenvalue weighted by molar-refractivity contribution is -0.134.